The molecule has 0 bridgehead atoms. The van der Waals surface area contributed by atoms with Crippen LogP contribution in [0.15, 0.2) is 48.8 Å². The monoisotopic (exact) mass is 345 g/mol. The van der Waals surface area contributed by atoms with Crippen molar-refractivity contribution in [3.63, 3.8) is 0 Å². The second kappa shape index (κ2) is 8.58. The van der Waals surface area contributed by atoms with Gasteiger partial charge in [-0.3, -0.25) is 4.98 Å². The molecule has 0 saturated carbocycles. The smallest absolute Gasteiger partial charge is 0.0896 e. The Balaban J connectivity index is 1.68. The van der Waals surface area contributed by atoms with Crippen molar-refractivity contribution in [1.29, 1.82) is 0 Å². The minimum atomic E-state index is 0.138. The molecule has 1 aromatic carbocycles. The number of hydrogen-bond donors (Lipinski definition) is 1. The van der Waals surface area contributed by atoms with Gasteiger partial charge in [-0.15, -0.1) is 0 Å². The Kier molecular flexibility index (Phi) is 6.21. The molecule has 0 aliphatic carbocycles. The summed E-state index contributed by atoms with van der Waals surface area (Å²) in [6, 6.07) is 12.3. The number of rotatable bonds is 6. The summed E-state index contributed by atoms with van der Waals surface area (Å²) >= 11 is 6.04. The van der Waals surface area contributed by atoms with E-state index in [1.807, 2.05) is 24.4 Å². The van der Waals surface area contributed by atoms with Crippen LogP contribution < -0.4 is 5.32 Å². The summed E-state index contributed by atoms with van der Waals surface area (Å²) in [7, 11) is 2.14. The van der Waals surface area contributed by atoms with Crippen molar-refractivity contribution in [2.75, 3.05) is 33.3 Å². The highest BCUT2D eigenvalue weighted by atomic mass is 35.5. The fourth-order valence-corrected chi connectivity index (χ4v) is 3.19. The SMILES string of the molecule is CN1CCO[C@@H]([C@H](NCCc2cccnc2)c2ccc(Cl)cc2)C1. The predicted molar refractivity (Wildman–Crippen MR) is 97.4 cm³/mol. The molecule has 128 valence electrons. The normalized spacial score (nSPS) is 20.0. The molecule has 2 aromatic rings. The first-order valence-electron chi connectivity index (χ1n) is 8.40. The minimum Gasteiger partial charge on any atom is -0.374 e. The quantitative estimate of drug-likeness (QED) is 0.873. The molecule has 24 heavy (non-hydrogen) atoms. The van der Waals surface area contributed by atoms with Gasteiger partial charge < -0.3 is 15.0 Å². The average Bonchev–Trinajstić information content (AvgIpc) is 2.61. The van der Waals surface area contributed by atoms with Crippen LogP contribution in [0.5, 0.6) is 0 Å². The van der Waals surface area contributed by atoms with Crippen molar-refractivity contribution >= 4 is 11.6 Å². The van der Waals surface area contributed by atoms with Gasteiger partial charge in [0, 0.05) is 30.5 Å². The van der Waals surface area contributed by atoms with Crippen molar-refractivity contribution in [2.45, 2.75) is 18.6 Å². The van der Waals surface area contributed by atoms with Crippen molar-refractivity contribution < 1.29 is 4.74 Å². The van der Waals surface area contributed by atoms with Crippen molar-refractivity contribution in [2.24, 2.45) is 0 Å². The number of nitrogens with zero attached hydrogens (tertiary/aromatic N) is 2. The van der Waals surface area contributed by atoms with E-state index < -0.39 is 0 Å². The van der Waals surface area contributed by atoms with Gasteiger partial charge in [-0.05, 0) is 49.3 Å². The van der Waals surface area contributed by atoms with Crippen LogP contribution in [0.3, 0.4) is 0 Å². The van der Waals surface area contributed by atoms with Crippen molar-refractivity contribution in [1.82, 2.24) is 15.2 Å². The fraction of sp³-hybridized carbons (Fsp3) is 0.421. The first-order chi connectivity index (χ1) is 11.7. The van der Waals surface area contributed by atoms with Gasteiger partial charge >= 0.3 is 0 Å². The number of likely N-dealkylation sites (N-methyl/N-ethyl adjacent to an activating group) is 1. The van der Waals surface area contributed by atoms with Gasteiger partial charge in [-0.1, -0.05) is 29.8 Å². The number of halogens is 1. The molecule has 0 radical (unpaired) electrons. The number of benzene rings is 1. The number of morpholine rings is 1. The summed E-state index contributed by atoms with van der Waals surface area (Å²) in [5.41, 5.74) is 2.45. The lowest BCUT2D eigenvalue weighted by atomic mass is 9.99. The third-order valence-corrected chi connectivity index (χ3v) is 4.65. The van der Waals surface area contributed by atoms with Gasteiger partial charge in [0.2, 0.25) is 0 Å². The maximum atomic E-state index is 6.05. The first kappa shape index (κ1) is 17.4. The van der Waals surface area contributed by atoms with Crippen LogP contribution in [0.2, 0.25) is 5.02 Å². The number of nitrogens with one attached hydrogen (secondary N) is 1. The zero-order valence-electron chi connectivity index (χ0n) is 14.0. The van der Waals surface area contributed by atoms with E-state index in [-0.39, 0.29) is 12.1 Å². The molecule has 0 amide bonds. The van der Waals surface area contributed by atoms with Gasteiger partial charge in [-0.2, -0.15) is 0 Å². The largest absolute Gasteiger partial charge is 0.374 e. The van der Waals surface area contributed by atoms with Crippen LogP contribution in [0.1, 0.15) is 17.2 Å². The van der Waals surface area contributed by atoms with Crippen LogP contribution in [-0.2, 0) is 11.2 Å². The average molecular weight is 346 g/mol. The third kappa shape index (κ3) is 4.77. The lowest BCUT2D eigenvalue weighted by molar-refractivity contribution is -0.0391. The van der Waals surface area contributed by atoms with Gasteiger partial charge in [-0.25, -0.2) is 0 Å². The van der Waals surface area contributed by atoms with Gasteiger partial charge in [0.05, 0.1) is 18.8 Å². The number of ether oxygens (including phenoxy) is 1. The van der Waals surface area contributed by atoms with Crippen LogP contribution in [0.4, 0.5) is 0 Å². The van der Waals surface area contributed by atoms with Gasteiger partial charge in [0.1, 0.15) is 0 Å². The fourth-order valence-electron chi connectivity index (χ4n) is 3.06. The van der Waals surface area contributed by atoms with E-state index in [0.29, 0.717) is 0 Å². The maximum absolute atomic E-state index is 6.05. The molecular weight excluding hydrogens is 322 g/mol. The predicted octanol–water partition coefficient (Wildman–Crippen LogP) is 2.94. The van der Waals surface area contributed by atoms with E-state index in [1.165, 1.54) is 11.1 Å². The Labute approximate surface area is 148 Å². The molecule has 1 aromatic heterocycles. The highest BCUT2D eigenvalue weighted by Crippen LogP contribution is 2.23. The molecule has 2 heterocycles. The molecule has 0 unspecified atom stereocenters. The highest BCUT2D eigenvalue weighted by molar-refractivity contribution is 6.30. The van der Waals surface area contributed by atoms with Gasteiger partial charge in [0.15, 0.2) is 0 Å². The molecule has 1 aliphatic rings. The molecule has 5 heteroatoms. The number of aromatic nitrogens is 1. The summed E-state index contributed by atoms with van der Waals surface area (Å²) in [6.07, 6.45) is 4.81. The Morgan fingerprint density at radius 2 is 2.17 bits per heavy atom. The zero-order chi connectivity index (χ0) is 16.8. The molecule has 1 N–H and O–H groups in total. The Morgan fingerprint density at radius 1 is 1.33 bits per heavy atom. The third-order valence-electron chi connectivity index (χ3n) is 4.40. The number of hydrogen-bond acceptors (Lipinski definition) is 4. The first-order valence-corrected chi connectivity index (χ1v) is 8.78. The minimum absolute atomic E-state index is 0.138. The van der Waals surface area contributed by atoms with Crippen LogP contribution in [0.25, 0.3) is 0 Å². The van der Waals surface area contributed by atoms with E-state index in [4.69, 9.17) is 16.3 Å². The molecule has 0 spiro atoms. The molecule has 1 saturated heterocycles. The summed E-state index contributed by atoms with van der Waals surface area (Å²) in [5.74, 6) is 0. The summed E-state index contributed by atoms with van der Waals surface area (Å²) in [5, 5.41) is 4.43. The van der Waals surface area contributed by atoms with Crippen molar-refractivity contribution in [3.05, 3.63) is 64.9 Å². The van der Waals surface area contributed by atoms with Crippen molar-refractivity contribution in [3.8, 4) is 0 Å². The lowest BCUT2D eigenvalue weighted by Crippen LogP contribution is -2.47. The van der Waals surface area contributed by atoms with Crippen LogP contribution >= 0.6 is 11.6 Å². The Morgan fingerprint density at radius 3 is 2.88 bits per heavy atom. The second-order valence-electron chi connectivity index (χ2n) is 6.27. The highest BCUT2D eigenvalue weighted by Gasteiger charge is 2.27. The van der Waals surface area contributed by atoms with Crippen LogP contribution in [-0.4, -0.2) is 49.3 Å². The number of pyridine rings is 1. The summed E-state index contributed by atoms with van der Waals surface area (Å²) in [4.78, 5) is 6.50. The van der Waals surface area contributed by atoms with E-state index in [9.17, 15) is 0 Å². The van der Waals surface area contributed by atoms with E-state index in [1.54, 1.807) is 6.20 Å². The molecule has 1 aliphatic heterocycles. The van der Waals surface area contributed by atoms with E-state index in [2.05, 4.69) is 40.4 Å². The molecule has 2 atom stereocenters. The lowest BCUT2D eigenvalue weighted by Gasteiger charge is -2.36. The Bertz CT molecular complexity index is 620. The maximum Gasteiger partial charge on any atom is 0.0896 e. The summed E-state index contributed by atoms with van der Waals surface area (Å²) < 4.78 is 6.05. The topological polar surface area (TPSA) is 37.4 Å². The Hall–Kier alpha value is -1.46. The molecule has 3 rings (SSSR count). The second-order valence-corrected chi connectivity index (χ2v) is 6.70. The van der Waals surface area contributed by atoms with Gasteiger partial charge in [0.25, 0.3) is 0 Å². The van der Waals surface area contributed by atoms with E-state index >= 15 is 0 Å². The molecule has 1 fully saturated rings. The van der Waals surface area contributed by atoms with E-state index in [0.717, 1.165) is 37.7 Å². The zero-order valence-corrected chi connectivity index (χ0v) is 14.7. The molecule has 4 nitrogen and oxygen atoms in total. The molecular formula is C19H24ClN3O. The standard InChI is InChI=1S/C19H24ClN3O/c1-23-11-12-24-18(14-23)19(16-4-6-17(20)7-5-16)22-10-8-15-3-2-9-21-13-15/h2-7,9,13,18-19,22H,8,10-12,14H2,1H3/t18-,19-/m1/s1. The van der Waals surface area contributed by atoms with Crippen LogP contribution in [0, 0.1) is 0 Å². The summed E-state index contributed by atoms with van der Waals surface area (Å²) in [6.45, 7) is 3.56.